The number of hydrogen-bond donors (Lipinski definition) is 0. The molecule has 0 amide bonds. The molecule has 0 heterocycles. The fourth-order valence-corrected chi connectivity index (χ4v) is 3.84. The van der Waals surface area contributed by atoms with Crippen LogP contribution in [-0.2, 0) is 6.42 Å². The van der Waals surface area contributed by atoms with Gasteiger partial charge in [-0.1, -0.05) is 68.8 Å². The van der Waals surface area contributed by atoms with E-state index in [0.29, 0.717) is 0 Å². The fourth-order valence-electron chi connectivity index (χ4n) is 3.84. The molecule has 0 heteroatoms. The van der Waals surface area contributed by atoms with Gasteiger partial charge in [0.25, 0.3) is 0 Å². The third-order valence-corrected chi connectivity index (χ3v) is 5.38. The zero-order chi connectivity index (χ0) is 16.3. The van der Waals surface area contributed by atoms with Crippen LogP contribution in [0.5, 0.6) is 0 Å². The van der Waals surface area contributed by atoms with E-state index < -0.39 is 0 Å². The minimum atomic E-state index is 0.805. The molecule has 1 aliphatic carbocycles. The first kappa shape index (κ1) is 18.0. The van der Waals surface area contributed by atoms with Crippen LogP contribution < -0.4 is 0 Å². The van der Waals surface area contributed by atoms with E-state index in [-0.39, 0.29) is 0 Å². The second kappa shape index (κ2) is 10.5. The van der Waals surface area contributed by atoms with Gasteiger partial charge >= 0.3 is 0 Å². The molecule has 0 radical (unpaired) electrons. The first-order valence-electron chi connectivity index (χ1n) is 9.70. The second-order valence-electron chi connectivity index (χ2n) is 7.16. The molecule has 0 spiro atoms. The molecular formula is C23H34. The van der Waals surface area contributed by atoms with E-state index in [9.17, 15) is 0 Å². The Balaban J connectivity index is 1.74. The smallest absolute Gasteiger partial charge is 0.0162 e. The van der Waals surface area contributed by atoms with Gasteiger partial charge in [-0.25, -0.2) is 0 Å². The lowest BCUT2D eigenvalue weighted by molar-refractivity contribution is 0.312. The molecule has 1 aliphatic rings. The quantitative estimate of drug-likeness (QED) is 0.334. The summed E-state index contributed by atoms with van der Waals surface area (Å²) < 4.78 is 0. The Bertz CT molecular complexity index is 457. The Labute approximate surface area is 143 Å². The highest BCUT2D eigenvalue weighted by atomic mass is 14.3. The Morgan fingerprint density at radius 2 is 1.78 bits per heavy atom. The van der Waals surface area contributed by atoms with Crippen LogP contribution in [0.2, 0.25) is 0 Å². The number of benzene rings is 1. The maximum atomic E-state index is 3.73. The largest absolute Gasteiger partial charge is 0.0991 e. The van der Waals surface area contributed by atoms with E-state index in [1.807, 2.05) is 6.08 Å². The molecule has 126 valence electrons. The molecule has 0 N–H and O–H groups in total. The molecule has 0 aliphatic heterocycles. The van der Waals surface area contributed by atoms with E-state index in [0.717, 1.165) is 11.8 Å². The first-order chi connectivity index (χ1) is 11.3. The maximum Gasteiger partial charge on any atom is -0.0162 e. The lowest BCUT2D eigenvalue weighted by atomic mass is 9.77. The van der Waals surface area contributed by atoms with Crippen molar-refractivity contribution in [1.29, 1.82) is 0 Å². The Morgan fingerprint density at radius 3 is 2.43 bits per heavy atom. The Morgan fingerprint density at radius 1 is 1.04 bits per heavy atom. The van der Waals surface area contributed by atoms with Crippen LogP contribution in [0.3, 0.4) is 0 Å². The predicted octanol–water partition coefficient (Wildman–Crippen LogP) is 7.22. The van der Waals surface area contributed by atoms with Crippen LogP contribution in [0.25, 0.3) is 0 Å². The topological polar surface area (TPSA) is 0 Å². The van der Waals surface area contributed by atoms with E-state index in [1.54, 1.807) is 5.56 Å². The van der Waals surface area contributed by atoms with Crippen LogP contribution in [0.1, 0.15) is 81.8 Å². The molecule has 23 heavy (non-hydrogen) atoms. The zero-order valence-electron chi connectivity index (χ0n) is 15.0. The monoisotopic (exact) mass is 310 g/mol. The van der Waals surface area contributed by atoms with Crippen LogP contribution in [0, 0.1) is 5.92 Å². The van der Waals surface area contributed by atoms with Crippen molar-refractivity contribution in [3.8, 4) is 0 Å². The summed E-state index contributed by atoms with van der Waals surface area (Å²) in [4.78, 5) is 0. The van der Waals surface area contributed by atoms with Crippen LogP contribution in [-0.4, -0.2) is 0 Å². The number of rotatable bonds is 9. The molecule has 0 atom stereocenters. The van der Waals surface area contributed by atoms with Gasteiger partial charge in [-0.3, -0.25) is 0 Å². The van der Waals surface area contributed by atoms with Crippen molar-refractivity contribution in [1.82, 2.24) is 0 Å². The van der Waals surface area contributed by atoms with Gasteiger partial charge in [0.15, 0.2) is 0 Å². The summed E-state index contributed by atoms with van der Waals surface area (Å²) >= 11 is 0. The Hall–Kier alpha value is -1.30. The lowest BCUT2D eigenvalue weighted by Crippen LogP contribution is -2.13. The van der Waals surface area contributed by atoms with Crippen LogP contribution in [0.15, 0.2) is 49.1 Å². The number of allylic oxidation sites excluding steroid dienone is 3. The molecule has 1 saturated carbocycles. The van der Waals surface area contributed by atoms with Gasteiger partial charge in [0.05, 0.1) is 0 Å². The van der Waals surface area contributed by atoms with E-state index >= 15 is 0 Å². The lowest BCUT2D eigenvalue weighted by Gasteiger charge is -2.28. The van der Waals surface area contributed by atoms with Gasteiger partial charge < -0.3 is 0 Å². The molecule has 1 aromatic rings. The fraction of sp³-hybridized carbons (Fsp3) is 0.565. The van der Waals surface area contributed by atoms with Crippen molar-refractivity contribution >= 4 is 0 Å². The minimum absolute atomic E-state index is 0.805. The van der Waals surface area contributed by atoms with E-state index in [4.69, 9.17) is 0 Å². The SMILES string of the molecule is C=CC=CCCC1CCC(c2ccc(CCCCC)cc2)CC1. The third kappa shape index (κ3) is 6.37. The average Bonchev–Trinajstić information content (AvgIpc) is 2.60. The highest BCUT2D eigenvalue weighted by Gasteiger charge is 2.21. The average molecular weight is 311 g/mol. The van der Waals surface area contributed by atoms with Gasteiger partial charge in [0.1, 0.15) is 0 Å². The minimum Gasteiger partial charge on any atom is -0.0991 e. The summed E-state index contributed by atoms with van der Waals surface area (Å²) in [5.41, 5.74) is 3.10. The summed E-state index contributed by atoms with van der Waals surface area (Å²) in [6, 6.07) is 9.55. The molecule has 1 aromatic carbocycles. The van der Waals surface area contributed by atoms with Gasteiger partial charge in [-0.15, -0.1) is 0 Å². The van der Waals surface area contributed by atoms with Crippen molar-refractivity contribution in [2.45, 2.75) is 77.0 Å². The van der Waals surface area contributed by atoms with Crippen molar-refractivity contribution < 1.29 is 0 Å². The second-order valence-corrected chi connectivity index (χ2v) is 7.16. The van der Waals surface area contributed by atoms with Gasteiger partial charge in [-0.2, -0.15) is 0 Å². The van der Waals surface area contributed by atoms with Crippen molar-refractivity contribution in [3.05, 3.63) is 60.2 Å². The molecule has 1 fully saturated rings. The summed E-state index contributed by atoms with van der Waals surface area (Å²) in [6.07, 6.45) is 19.6. The van der Waals surface area contributed by atoms with E-state index in [2.05, 4.69) is 49.9 Å². The third-order valence-electron chi connectivity index (χ3n) is 5.38. The molecule has 0 nitrogen and oxygen atoms in total. The maximum absolute atomic E-state index is 3.73. The predicted molar refractivity (Wildman–Crippen MR) is 103 cm³/mol. The summed E-state index contributed by atoms with van der Waals surface area (Å²) in [6.45, 7) is 6.00. The first-order valence-corrected chi connectivity index (χ1v) is 9.70. The van der Waals surface area contributed by atoms with Crippen LogP contribution >= 0.6 is 0 Å². The molecule has 0 saturated heterocycles. The van der Waals surface area contributed by atoms with Crippen molar-refractivity contribution in [2.24, 2.45) is 5.92 Å². The number of aryl methyl sites for hydroxylation is 1. The highest BCUT2D eigenvalue weighted by molar-refractivity contribution is 5.26. The van der Waals surface area contributed by atoms with Gasteiger partial charge in [0, 0.05) is 0 Å². The number of unbranched alkanes of at least 4 members (excludes halogenated alkanes) is 2. The zero-order valence-corrected chi connectivity index (χ0v) is 15.0. The summed E-state index contributed by atoms with van der Waals surface area (Å²) in [5.74, 6) is 1.74. The van der Waals surface area contributed by atoms with Crippen molar-refractivity contribution in [2.75, 3.05) is 0 Å². The van der Waals surface area contributed by atoms with Crippen LogP contribution in [0.4, 0.5) is 0 Å². The normalized spacial score (nSPS) is 21.6. The summed E-state index contributed by atoms with van der Waals surface area (Å²) in [5, 5.41) is 0. The van der Waals surface area contributed by atoms with Gasteiger partial charge in [0.2, 0.25) is 0 Å². The van der Waals surface area contributed by atoms with Gasteiger partial charge in [-0.05, 0) is 74.3 Å². The molecule has 0 unspecified atom stereocenters. The Kier molecular flexibility index (Phi) is 8.21. The van der Waals surface area contributed by atoms with Crippen molar-refractivity contribution in [3.63, 3.8) is 0 Å². The molecular weight excluding hydrogens is 276 g/mol. The standard InChI is InChI=1S/C23H34/c1-3-5-7-9-11-21-14-18-23(19-15-21)22-16-12-20(13-17-22)10-8-6-4-2/h3,5,7,12-13,16-17,21,23H,1,4,6,8-11,14-15,18-19H2,2H3. The summed E-state index contributed by atoms with van der Waals surface area (Å²) in [7, 11) is 0. The highest BCUT2D eigenvalue weighted by Crippen LogP contribution is 2.37. The molecule has 0 aromatic heterocycles. The number of hydrogen-bond acceptors (Lipinski definition) is 0. The van der Waals surface area contributed by atoms with E-state index in [1.165, 1.54) is 69.8 Å². The molecule has 0 bridgehead atoms. The molecule has 2 rings (SSSR count).